The van der Waals surface area contributed by atoms with Crippen molar-refractivity contribution in [3.05, 3.63) is 60.0 Å². The zero-order valence-electron chi connectivity index (χ0n) is 12.4. The molecule has 2 heterocycles. The van der Waals surface area contributed by atoms with Gasteiger partial charge in [0.15, 0.2) is 5.65 Å². The number of hydrogen-bond acceptors (Lipinski definition) is 3. The molecule has 0 aliphatic carbocycles. The lowest BCUT2D eigenvalue weighted by atomic mass is 10.0. The van der Waals surface area contributed by atoms with Crippen LogP contribution in [-0.2, 0) is 6.42 Å². The van der Waals surface area contributed by atoms with Crippen LogP contribution < -0.4 is 5.73 Å². The lowest BCUT2D eigenvalue weighted by Gasteiger charge is -2.16. The minimum absolute atomic E-state index is 0.0551. The lowest BCUT2D eigenvalue weighted by molar-refractivity contribution is 0.557. The van der Waals surface area contributed by atoms with Crippen molar-refractivity contribution < 1.29 is 0 Å². The molecule has 3 aromatic rings. The first-order valence-corrected chi connectivity index (χ1v) is 7.29. The van der Waals surface area contributed by atoms with E-state index in [4.69, 9.17) is 10.7 Å². The number of fused-ring (bicyclic) bond motifs is 1. The van der Waals surface area contributed by atoms with Crippen LogP contribution in [0.5, 0.6) is 0 Å². The number of hydrogen-bond donors (Lipinski definition) is 1. The summed E-state index contributed by atoms with van der Waals surface area (Å²) >= 11 is 0. The third kappa shape index (κ3) is 2.67. The SMILES string of the molecule is CC(C)n1c(CC(N)c2ccccc2)nc2cccnc21. The van der Waals surface area contributed by atoms with E-state index in [1.54, 1.807) is 0 Å². The first-order valence-electron chi connectivity index (χ1n) is 7.29. The van der Waals surface area contributed by atoms with Crippen LogP contribution in [0.1, 0.15) is 37.3 Å². The fourth-order valence-electron chi connectivity index (χ4n) is 2.68. The van der Waals surface area contributed by atoms with E-state index in [9.17, 15) is 0 Å². The Morgan fingerprint density at radius 2 is 1.86 bits per heavy atom. The van der Waals surface area contributed by atoms with Crippen LogP contribution in [0.3, 0.4) is 0 Å². The molecular weight excluding hydrogens is 260 g/mol. The summed E-state index contributed by atoms with van der Waals surface area (Å²) in [5.74, 6) is 0.995. The Balaban J connectivity index is 1.98. The smallest absolute Gasteiger partial charge is 0.160 e. The summed E-state index contributed by atoms with van der Waals surface area (Å²) in [5, 5.41) is 0. The molecule has 0 amide bonds. The van der Waals surface area contributed by atoms with Gasteiger partial charge in [-0.1, -0.05) is 30.3 Å². The van der Waals surface area contributed by atoms with Crippen molar-refractivity contribution in [3.63, 3.8) is 0 Å². The summed E-state index contributed by atoms with van der Waals surface area (Å²) in [6, 6.07) is 14.3. The van der Waals surface area contributed by atoms with Crippen LogP contribution >= 0.6 is 0 Å². The molecule has 0 saturated heterocycles. The lowest BCUT2D eigenvalue weighted by Crippen LogP contribution is -2.17. The molecule has 4 heteroatoms. The van der Waals surface area contributed by atoms with E-state index in [0.717, 1.165) is 22.6 Å². The average Bonchev–Trinajstić information content (AvgIpc) is 2.86. The van der Waals surface area contributed by atoms with E-state index in [-0.39, 0.29) is 6.04 Å². The number of imidazole rings is 1. The molecule has 0 aliphatic rings. The van der Waals surface area contributed by atoms with E-state index in [1.165, 1.54) is 0 Å². The summed E-state index contributed by atoms with van der Waals surface area (Å²) in [5.41, 5.74) is 9.34. The fraction of sp³-hybridized carbons (Fsp3) is 0.294. The highest BCUT2D eigenvalue weighted by atomic mass is 15.1. The first-order chi connectivity index (χ1) is 10.2. The fourth-order valence-corrected chi connectivity index (χ4v) is 2.68. The van der Waals surface area contributed by atoms with Crippen LogP contribution in [0.2, 0.25) is 0 Å². The monoisotopic (exact) mass is 280 g/mol. The largest absolute Gasteiger partial charge is 0.324 e. The highest BCUT2D eigenvalue weighted by Crippen LogP contribution is 2.22. The van der Waals surface area contributed by atoms with Crippen molar-refractivity contribution in [2.24, 2.45) is 5.73 Å². The van der Waals surface area contributed by atoms with Gasteiger partial charge >= 0.3 is 0 Å². The summed E-state index contributed by atoms with van der Waals surface area (Å²) in [6.07, 6.45) is 2.52. The Kier molecular flexibility index (Phi) is 3.71. The summed E-state index contributed by atoms with van der Waals surface area (Å²) in [4.78, 5) is 9.18. The van der Waals surface area contributed by atoms with Crippen molar-refractivity contribution in [1.29, 1.82) is 0 Å². The molecule has 3 rings (SSSR count). The van der Waals surface area contributed by atoms with Gasteiger partial charge in [0.25, 0.3) is 0 Å². The second-order valence-corrected chi connectivity index (χ2v) is 5.56. The molecule has 0 saturated carbocycles. The zero-order chi connectivity index (χ0) is 14.8. The molecule has 2 aromatic heterocycles. The van der Waals surface area contributed by atoms with Crippen LogP contribution in [0.15, 0.2) is 48.7 Å². The Labute approximate surface area is 124 Å². The number of nitrogens with zero attached hydrogens (tertiary/aromatic N) is 3. The summed E-state index contributed by atoms with van der Waals surface area (Å²) in [7, 11) is 0. The van der Waals surface area contributed by atoms with E-state index in [2.05, 4.69) is 35.5 Å². The van der Waals surface area contributed by atoms with Crippen molar-refractivity contribution >= 4 is 11.2 Å². The third-order valence-electron chi connectivity index (χ3n) is 3.67. The van der Waals surface area contributed by atoms with Crippen LogP contribution in [-0.4, -0.2) is 14.5 Å². The van der Waals surface area contributed by atoms with Crippen molar-refractivity contribution in [3.8, 4) is 0 Å². The Hall–Kier alpha value is -2.20. The Morgan fingerprint density at radius 1 is 1.10 bits per heavy atom. The van der Waals surface area contributed by atoms with Gasteiger partial charge in [-0.05, 0) is 31.5 Å². The molecule has 108 valence electrons. The van der Waals surface area contributed by atoms with Gasteiger partial charge in [-0.3, -0.25) is 0 Å². The molecule has 4 nitrogen and oxygen atoms in total. The van der Waals surface area contributed by atoms with Crippen molar-refractivity contribution in [2.75, 3.05) is 0 Å². The van der Waals surface area contributed by atoms with Gasteiger partial charge < -0.3 is 10.3 Å². The highest BCUT2D eigenvalue weighted by molar-refractivity contribution is 5.71. The molecule has 0 radical (unpaired) electrons. The van der Waals surface area contributed by atoms with Gasteiger partial charge in [-0.15, -0.1) is 0 Å². The predicted molar refractivity (Wildman–Crippen MR) is 85.0 cm³/mol. The molecule has 0 fully saturated rings. The van der Waals surface area contributed by atoms with E-state index in [1.807, 2.05) is 36.5 Å². The molecule has 21 heavy (non-hydrogen) atoms. The van der Waals surface area contributed by atoms with E-state index < -0.39 is 0 Å². The molecule has 0 aliphatic heterocycles. The number of pyridine rings is 1. The first kappa shape index (κ1) is 13.8. The van der Waals surface area contributed by atoms with Gasteiger partial charge in [0.1, 0.15) is 11.3 Å². The van der Waals surface area contributed by atoms with Gasteiger partial charge in [0.2, 0.25) is 0 Å². The molecule has 0 bridgehead atoms. The van der Waals surface area contributed by atoms with Gasteiger partial charge in [-0.2, -0.15) is 0 Å². The maximum atomic E-state index is 6.34. The van der Waals surface area contributed by atoms with Crippen molar-refractivity contribution in [2.45, 2.75) is 32.4 Å². The number of nitrogens with two attached hydrogens (primary N) is 1. The second-order valence-electron chi connectivity index (χ2n) is 5.56. The van der Waals surface area contributed by atoms with Gasteiger partial charge in [0.05, 0.1) is 0 Å². The summed E-state index contributed by atoms with van der Waals surface area (Å²) in [6.45, 7) is 4.29. The topological polar surface area (TPSA) is 56.7 Å². The quantitative estimate of drug-likeness (QED) is 0.798. The minimum atomic E-state index is -0.0551. The van der Waals surface area contributed by atoms with Gasteiger partial charge in [0, 0.05) is 24.7 Å². The molecule has 1 unspecified atom stereocenters. The maximum Gasteiger partial charge on any atom is 0.160 e. The van der Waals surface area contributed by atoms with E-state index >= 15 is 0 Å². The van der Waals surface area contributed by atoms with Crippen molar-refractivity contribution in [1.82, 2.24) is 14.5 Å². The average molecular weight is 280 g/mol. The molecule has 1 atom stereocenters. The standard InChI is InChI=1S/C17H20N4/c1-12(2)21-16(20-15-9-6-10-19-17(15)21)11-14(18)13-7-4-3-5-8-13/h3-10,12,14H,11,18H2,1-2H3. The number of aromatic nitrogens is 3. The van der Waals surface area contributed by atoms with Crippen LogP contribution in [0.4, 0.5) is 0 Å². The molecule has 1 aromatic carbocycles. The predicted octanol–water partition coefficient (Wildman–Crippen LogP) is 3.25. The van der Waals surface area contributed by atoms with E-state index in [0.29, 0.717) is 12.5 Å². The molecule has 2 N–H and O–H groups in total. The van der Waals surface area contributed by atoms with Crippen LogP contribution in [0.25, 0.3) is 11.2 Å². The van der Waals surface area contributed by atoms with Gasteiger partial charge in [-0.25, -0.2) is 9.97 Å². The molecular formula is C17H20N4. The number of rotatable bonds is 4. The summed E-state index contributed by atoms with van der Waals surface area (Å²) < 4.78 is 2.18. The minimum Gasteiger partial charge on any atom is -0.324 e. The number of benzene rings is 1. The maximum absolute atomic E-state index is 6.34. The van der Waals surface area contributed by atoms with Crippen LogP contribution in [0, 0.1) is 0 Å². The second kappa shape index (κ2) is 5.66. The highest BCUT2D eigenvalue weighted by Gasteiger charge is 2.17. The zero-order valence-corrected chi connectivity index (χ0v) is 12.4. The normalized spacial score (nSPS) is 13.0. The Bertz CT molecular complexity index is 731. The third-order valence-corrected chi connectivity index (χ3v) is 3.67. The molecule has 0 spiro atoms. The Morgan fingerprint density at radius 3 is 2.57 bits per heavy atom.